The summed E-state index contributed by atoms with van der Waals surface area (Å²) in [6.07, 6.45) is 1.47. The number of carbonyl (C=O) groups excluding carboxylic acids is 1. The quantitative estimate of drug-likeness (QED) is 0.771. The van der Waals surface area contributed by atoms with Gasteiger partial charge < -0.3 is 15.4 Å². The van der Waals surface area contributed by atoms with Gasteiger partial charge in [0.05, 0.1) is 12.1 Å². The number of nitrogens with two attached hydrogens (primary N) is 1. The maximum Gasteiger partial charge on any atom is 0.239 e. The van der Waals surface area contributed by atoms with E-state index in [-0.39, 0.29) is 11.9 Å². The van der Waals surface area contributed by atoms with Gasteiger partial charge in [-0.3, -0.25) is 4.79 Å². The highest BCUT2D eigenvalue weighted by Crippen LogP contribution is 2.23. The van der Waals surface area contributed by atoms with Gasteiger partial charge in [-0.05, 0) is 31.2 Å². The minimum absolute atomic E-state index is 0.00740. The predicted molar refractivity (Wildman–Crippen MR) is 74.6 cm³/mol. The summed E-state index contributed by atoms with van der Waals surface area (Å²) in [7, 11) is 3.46. The zero-order chi connectivity index (χ0) is 13.5. The fraction of sp³-hybridized carbons (Fsp3) is 0.615. The first kappa shape index (κ1) is 15.1. The third-order valence-electron chi connectivity index (χ3n) is 3.06. The molecule has 18 heavy (non-hydrogen) atoms. The monoisotopic (exact) mass is 270 g/mol. The van der Waals surface area contributed by atoms with Crippen LogP contribution in [0.25, 0.3) is 0 Å². The van der Waals surface area contributed by atoms with Crippen molar-refractivity contribution in [1.29, 1.82) is 0 Å². The highest BCUT2D eigenvalue weighted by Gasteiger charge is 2.22. The van der Waals surface area contributed by atoms with Gasteiger partial charge in [-0.2, -0.15) is 0 Å². The van der Waals surface area contributed by atoms with E-state index in [9.17, 15) is 4.79 Å². The van der Waals surface area contributed by atoms with E-state index in [0.717, 1.165) is 6.42 Å². The van der Waals surface area contributed by atoms with Crippen molar-refractivity contribution in [2.45, 2.75) is 31.8 Å². The first-order valence-corrected chi connectivity index (χ1v) is 7.00. The highest BCUT2D eigenvalue weighted by atomic mass is 32.1. The third kappa shape index (κ3) is 4.08. The first-order valence-electron chi connectivity index (χ1n) is 6.12. The van der Waals surface area contributed by atoms with E-state index in [1.54, 1.807) is 23.3 Å². The zero-order valence-corrected chi connectivity index (χ0v) is 12.1. The molecule has 0 saturated carbocycles. The van der Waals surface area contributed by atoms with Crippen molar-refractivity contribution in [1.82, 2.24) is 4.90 Å². The van der Waals surface area contributed by atoms with Crippen molar-refractivity contribution in [2.75, 3.05) is 20.8 Å². The Morgan fingerprint density at radius 1 is 1.61 bits per heavy atom. The minimum atomic E-state index is -0.437. The largest absolute Gasteiger partial charge is 0.385 e. The summed E-state index contributed by atoms with van der Waals surface area (Å²) in [6, 6.07) is 3.67. The second-order valence-corrected chi connectivity index (χ2v) is 5.36. The SMILES string of the molecule is COCCCC(N)C(=O)N(C)C(C)c1cccs1. The second kappa shape index (κ2) is 7.51. The van der Waals surface area contributed by atoms with Crippen LogP contribution in [-0.2, 0) is 9.53 Å². The van der Waals surface area contributed by atoms with Crippen molar-refractivity contribution in [2.24, 2.45) is 5.73 Å². The first-order chi connectivity index (χ1) is 8.57. The Hall–Kier alpha value is -0.910. The molecule has 0 aliphatic rings. The van der Waals surface area contributed by atoms with Gasteiger partial charge in [0.2, 0.25) is 5.91 Å². The number of likely N-dealkylation sites (N-methyl/N-ethyl adjacent to an activating group) is 1. The molecule has 2 unspecified atom stereocenters. The van der Waals surface area contributed by atoms with E-state index in [0.29, 0.717) is 13.0 Å². The lowest BCUT2D eigenvalue weighted by molar-refractivity contribution is -0.133. The van der Waals surface area contributed by atoms with Crippen LogP contribution in [0.2, 0.25) is 0 Å². The van der Waals surface area contributed by atoms with Gasteiger partial charge in [-0.1, -0.05) is 6.07 Å². The van der Waals surface area contributed by atoms with Crippen molar-refractivity contribution < 1.29 is 9.53 Å². The molecular formula is C13H22N2O2S. The Labute approximate surface area is 113 Å². The van der Waals surface area contributed by atoms with E-state index in [2.05, 4.69) is 0 Å². The topological polar surface area (TPSA) is 55.6 Å². The van der Waals surface area contributed by atoms with Crippen molar-refractivity contribution in [3.8, 4) is 0 Å². The molecule has 4 nitrogen and oxygen atoms in total. The smallest absolute Gasteiger partial charge is 0.239 e. The fourth-order valence-electron chi connectivity index (χ4n) is 1.74. The molecule has 1 amide bonds. The van der Waals surface area contributed by atoms with Crippen LogP contribution in [0.3, 0.4) is 0 Å². The van der Waals surface area contributed by atoms with E-state index in [1.807, 2.05) is 31.5 Å². The fourth-order valence-corrected chi connectivity index (χ4v) is 2.57. The Balaban J connectivity index is 2.49. The predicted octanol–water partition coefficient (Wildman–Crippen LogP) is 2.02. The van der Waals surface area contributed by atoms with Gasteiger partial charge in [0.1, 0.15) is 0 Å². The molecule has 0 bridgehead atoms. The summed E-state index contributed by atoms with van der Waals surface area (Å²) in [6.45, 7) is 2.66. The molecule has 1 heterocycles. The van der Waals surface area contributed by atoms with Crippen LogP contribution >= 0.6 is 11.3 Å². The number of nitrogens with zero attached hydrogens (tertiary/aromatic N) is 1. The van der Waals surface area contributed by atoms with Gasteiger partial charge >= 0.3 is 0 Å². The van der Waals surface area contributed by atoms with Gasteiger partial charge in [0.25, 0.3) is 0 Å². The Morgan fingerprint density at radius 3 is 2.89 bits per heavy atom. The van der Waals surface area contributed by atoms with Crippen molar-refractivity contribution in [3.63, 3.8) is 0 Å². The third-order valence-corrected chi connectivity index (χ3v) is 4.11. The molecule has 0 aliphatic heterocycles. The number of carbonyl (C=O) groups is 1. The molecule has 1 rings (SSSR count). The molecule has 1 aromatic heterocycles. The zero-order valence-electron chi connectivity index (χ0n) is 11.3. The van der Waals surface area contributed by atoms with E-state index >= 15 is 0 Å². The Kier molecular flexibility index (Phi) is 6.32. The average molecular weight is 270 g/mol. The molecule has 0 spiro atoms. The van der Waals surface area contributed by atoms with Crippen molar-refractivity contribution in [3.05, 3.63) is 22.4 Å². The molecule has 1 aromatic rings. The molecule has 5 heteroatoms. The molecule has 0 aromatic carbocycles. The van der Waals surface area contributed by atoms with Crippen LogP contribution in [0.4, 0.5) is 0 Å². The van der Waals surface area contributed by atoms with Gasteiger partial charge in [0.15, 0.2) is 0 Å². The Bertz CT molecular complexity index is 354. The van der Waals surface area contributed by atoms with Crippen LogP contribution in [-0.4, -0.2) is 37.6 Å². The second-order valence-electron chi connectivity index (χ2n) is 4.38. The lowest BCUT2D eigenvalue weighted by Crippen LogP contribution is -2.42. The lowest BCUT2D eigenvalue weighted by Gasteiger charge is -2.27. The number of hydrogen-bond donors (Lipinski definition) is 1. The number of hydrogen-bond acceptors (Lipinski definition) is 4. The summed E-state index contributed by atoms with van der Waals surface area (Å²) in [5.41, 5.74) is 5.91. The summed E-state index contributed by atoms with van der Waals surface area (Å²) >= 11 is 1.66. The normalized spacial score (nSPS) is 14.2. The number of thiophene rings is 1. The molecule has 0 radical (unpaired) electrons. The molecule has 102 valence electrons. The van der Waals surface area contributed by atoms with Crippen LogP contribution in [0.15, 0.2) is 17.5 Å². The molecule has 0 fully saturated rings. The summed E-state index contributed by atoms with van der Waals surface area (Å²) in [5, 5.41) is 2.02. The van der Waals surface area contributed by atoms with E-state index in [1.165, 1.54) is 4.88 Å². The molecule has 2 N–H and O–H groups in total. The van der Waals surface area contributed by atoms with E-state index in [4.69, 9.17) is 10.5 Å². The number of ether oxygens (including phenoxy) is 1. The van der Waals surface area contributed by atoms with Crippen molar-refractivity contribution >= 4 is 17.2 Å². The molecule has 0 aliphatic carbocycles. The number of amides is 1. The highest BCUT2D eigenvalue weighted by molar-refractivity contribution is 7.10. The average Bonchev–Trinajstić information content (AvgIpc) is 2.90. The Morgan fingerprint density at radius 2 is 2.33 bits per heavy atom. The summed E-state index contributed by atoms with van der Waals surface area (Å²) in [5.74, 6) is -0.00740. The molecular weight excluding hydrogens is 248 g/mol. The van der Waals surface area contributed by atoms with Gasteiger partial charge in [-0.25, -0.2) is 0 Å². The van der Waals surface area contributed by atoms with Crippen LogP contribution in [0.1, 0.15) is 30.7 Å². The maximum atomic E-state index is 12.1. The minimum Gasteiger partial charge on any atom is -0.385 e. The standard InChI is InChI=1S/C13H22N2O2S/c1-10(12-7-5-9-18-12)15(2)13(16)11(14)6-4-8-17-3/h5,7,9-11H,4,6,8,14H2,1-3H3. The summed E-state index contributed by atoms with van der Waals surface area (Å²) in [4.78, 5) is 15.0. The molecule has 2 atom stereocenters. The maximum absolute atomic E-state index is 12.1. The van der Waals surface area contributed by atoms with Gasteiger partial charge in [0, 0.05) is 25.6 Å². The van der Waals surface area contributed by atoms with Crippen LogP contribution in [0.5, 0.6) is 0 Å². The number of rotatable bonds is 7. The van der Waals surface area contributed by atoms with Gasteiger partial charge in [-0.15, -0.1) is 11.3 Å². The summed E-state index contributed by atoms with van der Waals surface area (Å²) < 4.78 is 4.96. The molecule has 0 saturated heterocycles. The van der Waals surface area contributed by atoms with E-state index < -0.39 is 6.04 Å². The van der Waals surface area contributed by atoms with Crippen LogP contribution < -0.4 is 5.73 Å². The lowest BCUT2D eigenvalue weighted by atomic mass is 10.1. The number of methoxy groups -OCH3 is 1. The van der Waals surface area contributed by atoms with Crippen LogP contribution in [0, 0.1) is 0 Å².